The standard InChI is InChI=1S/C16H13FN2O2/c17-13-4-1-11(8-20)15(7-13)16(9-18-10-19-16)12-2-5-14(21)6-3-12/h1-8,10,21H,9H2,(H,18,19). The smallest absolute Gasteiger partial charge is 0.150 e. The summed E-state index contributed by atoms with van der Waals surface area (Å²) in [6.07, 6.45) is 2.25. The molecule has 5 heteroatoms. The Hall–Kier alpha value is -2.69. The molecule has 1 aliphatic heterocycles. The number of hydrogen-bond acceptors (Lipinski definition) is 4. The number of aldehydes is 1. The zero-order valence-corrected chi connectivity index (χ0v) is 11.1. The number of aliphatic imine (C=N–C) groups is 1. The third-order valence-corrected chi connectivity index (χ3v) is 3.69. The first-order chi connectivity index (χ1) is 10.2. The van der Waals surface area contributed by atoms with E-state index in [0.29, 0.717) is 24.0 Å². The highest BCUT2D eigenvalue weighted by Crippen LogP contribution is 2.34. The number of benzene rings is 2. The van der Waals surface area contributed by atoms with Crippen molar-refractivity contribution in [3.63, 3.8) is 0 Å². The molecule has 0 saturated carbocycles. The number of rotatable bonds is 3. The predicted octanol–water partition coefficient (Wildman–Crippen LogP) is 2.22. The van der Waals surface area contributed by atoms with E-state index >= 15 is 0 Å². The van der Waals surface area contributed by atoms with Gasteiger partial charge in [-0.3, -0.25) is 9.79 Å². The van der Waals surface area contributed by atoms with Crippen LogP contribution in [0.2, 0.25) is 0 Å². The van der Waals surface area contributed by atoms with Crippen LogP contribution in [0.25, 0.3) is 0 Å². The van der Waals surface area contributed by atoms with Crippen molar-refractivity contribution < 1.29 is 14.3 Å². The summed E-state index contributed by atoms with van der Waals surface area (Å²) in [6.45, 7) is 0.349. The molecule has 0 aliphatic carbocycles. The minimum Gasteiger partial charge on any atom is -0.508 e. The SMILES string of the molecule is O=Cc1ccc(F)cc1C1(c2ccc(O)cc2)CN=CN1. The third-order valence-electron chi connectivity index (χ3n) is 3.69. The normalized spacial score (nSPS) is 20.2. The summed E-state index contributed by atoms with van der Waals surface area (Å²) < 4.78 is 13.7. The molecule has 0 bridgehead atoms. The molecule has 1 unspecified atom stereocenters. The Labute approximate surface area is 121 Å². The highest BCUT2D eigenvalue weighted by atomic mass is 19.1. The Balaban J connectivity index is 2.20. The van der Waals surface area contributed by atoms with E-state index in [-0.39, 0.29) is 5.75 Å². The highest BCUT2D eigenvalue weighted by molar-refractivity contribution is 5.79. The number of nitrogens with zero attached hydrogens (tertiary/aromatic N) is 1. The Kier molecular flexibility index (Phi) is 3.17. The molecule has 21 heavy (non-hydrogen) atoms. The Morgan fingerprint density at radius 2 is 2.00 bits per heavy atom. The summed E-state index contributed by atoms with van der Waals surface area (Å²) in [4.78, 5) is 15.5. The zero-order valence-electron chi connectivity index (χ0n) is 11.1. The van der Waals surface area contributed by atoms with Crippen LogP contribution in [0.3, 0.4) is 0 Å². The van der Waals surface area contributed by atoms with Crippen LogP contribution in [0.5, 0.6) is 5.75 Å². The van der Waals surface area contributed by atoms with Gasteiger partial charge in [0.1, 0.15) is 23.4 Å². The second-order valence-electron chi connectivity index (χ2n) is 4.92. The fraction of sp³-hybridized carbons (Fsp3) is 0.125. The molecule has 0 radical (unpaired) electrons. The lowest BCUT2D eigenvalue weighted by Crippen LogP contribution is -2.42. The average Bonchev–Trinajstić information content (AvgIpc) is 2.98. The summed E-state index contributed by atoms with van der Waals surface area (Å²) in [5.41, 5.74) is 0.932. The Bertz CT molecular complexity index is 703. The van der Waals surface area contributed by atoms with Crippen molar-refractivity contribution in [3.8, 4) is 5.75 Å². The van der Waals surface area contributed by atoms with Gasteiger partial charge in [-0.05, 0) is 41.5 Å². The van der Waals surface area contributed by atoms with Gasteiger partial charge in [0.25, 0.3) is 0 Å². The molecule has 1 heterocycles. The number of aromatic hydroxyl groups is 1. The predicted molar refractivity (Wildman–Crippen MR) is 77.2 cm³/mol. The van der Waals surface area contributed by atoms with E-state index in [4.69, 9.17) is 0 Å². The molecule has 2 N–H and O–H groups in total. The third kappa shape index (κ3) is 2.16. The van der Waals surface area contributed by atoms with Gasteiger partial charge in [0.15, 0.2) is 0 Å². The maximum Gasteiger partial charge on any atom is 0.150 e. The van der Waals surface area contributed by atoms with Crippen LogP contribution in [0, 0.1) is 5.82 Å². The van der Waals surface area contributed by atoms with E-state index < -0.39 is 11.4 Å². The van der Waals surface area contributed by atoms with Crippen LogP contribution in [-0.4, -0.2) is 24.3 Å². The molecule has 106 valence electrons. The van der Waals surface area contributed by atoms with Crippen molar-refractivity contribution in [1.82, 2.24) is 5.32 Å². The lowest BCUT2D eigenvalue weighted by Gasteiger charge is -2.31. The zero-order chi connectivity index (χ0) is 14.9. The molecule has 0 amide bonds. The molecule has 2 aromatic rings. The number of phenolic OH excluding ortho intramolecular Hbond substituents is 1. The molecule has 4 nitrogen and oxygen atoms in total. The van der Waals surface area contributed by atoms with Gasteiger partial charge in [0.2, 0.25) is 0 Å². The Morgan fingerprint density at radius 3 is 2.62 bits per heavy atom. The van der Waals surface area contributed by atoms with Gasteiger partial charge < -0.3 is 10.4 Å². The molecule has 1 atom stereocenters. The fourth-order valence-corrected chi connectivity index (χ4v) is 2.62. The molecule has 0 aromatic heterocycles. The van der Waals surface area contributed by atoms with E-state index in [2.05, 4.69) is 10.3 Å². The van der Waals surface area contributed by atoms with Gasteiger partial charge >= 0.3 is 0 Å². The summed E-state index contributed by atoms with van der Waals surface area (Å²) >= 11 is 0. The molecule has 0 spiro atoms. The Morgan fingerprint density at radius 1 is 1.24 bits per heavy atom. The van der Waals surface area contributed by atoms with Gasteiger partial charge in [0, 0.05) is 5.56 Å². The van der Waals surface area contributed by atoms with Crippen molar-refractivity contribution in [1.29, 1.82) is 0 Å². The van der Waals surface area contributed by atoms with E-state index in [1.807, 2.05) is 0 Å². The number of carbonyl (C=O) groups is 1. The maximum absolute atomic E-state index is 13.7. The number of nitrogens with one attached hydrogen (secondary N) is 1. The molecular weight excluding hydrogens is 271 g/mol. The van der Waals surface area contributed by atoms with E-state index in [0.717, 1.165) is 5.56 Å². The molecule has 0 saturated heterocycles. The number of hydrogen-bond donors (Lipinski definition) is 2. The first-order valence-electron chi connectivity index (χ1n) is 6.46. The topological polar surface area (TPSA) is 61.7 Å². The first-order valence-corrected chi connectivity index (χ1v) is 6.46. The molecule has 0 fully saturated rings. The minimum atomic E-state index is -0.800. The molecular formula is C16H13FN2O2. The van der Waals surface area contributed by atoms with E-state index in [1.54, 1.807) is 30.6 Å². The summed E-state index contributed by atoms with van der Waals surface area (Å²) in [5.74, 6) is -0.273. The van der Waals surface area contributed by atoms with Crippen molar-refractivity contribution in [2.75, 3.05) is 6.54 Å². The van der Waals surface area contributed by atoms with Crippen molar-refractivity contribution >= 4 is 12.6 Å². The summed E-state index contributed by atoms with van der Waals surface area (Å²) in [7, 11) is 0. The molecule has 1 aliphatic rings. The second-order valence-corrected chi connectivity index (χ2v) is 4.92. The number of phenols is 1. The van der Waals surface area contributed by atoms with Gasteiger partial charge in [-0.1, -0.05) is 12.1 Å². The van der Waals surface area contributed by atoms with Crippen molar-refractivity contribution in [2.45, 2.75) is 5.54 Å². The number of carbonyl (C=O) groups excluding carboxylic acids is 1. The largest absolute Gasteiger partial charge is 0.508 e. The van der Waals surface area contributed by atoms with Crippen molar-refractivity contribution in [3.05, 3.63) is 65.0 Å². The van der Waals surface area contributed by atoms with Gasteiger partial charge in [-0.15, -0.1) is 0 Å². The minimum absolute atomic E-state index is 0.141. The first kappa shape index (κ1) is 13.3. The quantitative estimate of drug-likeness (QED) is 0.850. The lowest BCUT2D eigenvalue weighted by molar-refractivity contribution is 0.112. The number of halogens is 1. The average molecular weight is 284 g/mol. The van der Waals surface area contributed by atoms with Crippen LogP contribution >= 0.6 is 0 Å². The van der Waals surface area contributed by atoms with Crippen LogP contribution in [-0.2, 0) is 5.54 Å². The van der Waals surface area contributed by atoms with E-state index in [9.17, 15) is 14.3 Å². The fourth-order valence-electron chi connectivity index (χ4n) is 2.62. The van der Waals surface area contributed by atoms with Crippen molar-refractivity contribution in [2.24, 2.45) is 4.99 Å². The molecule has 2 aromatic carbocycles. The summed E-state index contributed by atoms with van der Waals surface area (Å²) in [6, 6.07) is 10.6. The lowest BCUT2D eigenvalue weighted by atomic mass is 9.81. The van der Waals surface area contributed by atoms with Gasteiger partial charge in [-0.25, -0.2) is 4.39 Å². The monoisotopic (exact) mass is 284 g/mol. The van der Waals surface area contributed by atoms with Crippen LogP contribution < -0.4 is 5.32 Å². The molecule has 3 rings (SSSR count). The van der Waals surface area contributed by atoms with E-state index in [1.165, 1.54) is 18.2 Å². The van der Waals surface area contributed by atoms with Gasteiger partial charge in [0.05, 0.1) is 12.9 Å². The highest BCUT2D eigenvalue weighted by Gasteiger charge is 2.38. The second kappa shape index (κ2) is 5.01. The van der Waals surface area contributed by atoms with Crippen LogP contribution in [0.4, 0.5) is 4.39 Å². The maximum atomic E-state index is 13.7. The van der Waals surface area contributed by atoms with Crippen LogP contribution in [0.15, 0.2) is 47.5 Å². The van der Waals surface area contributed by atoms with Gasteiger partial charge in [-0.2, -0.15) is 0 Å². The summed E-state index contributed by atoms with van der Waals surface area (Å²) in [5, 5.41) is 12.6. The van der Waals surface area contributed by atoms with Crippen LogP contribution in [0.1, 0.15) is 21.5 Å².